The van der Waals surface area contributed by atoms with E-state index in [1.807, 2.05) is 0 Å². The van der Waals surface area contributed by atoms with E-state index in [-0.39, 0.29) is 16.9 Å². The molecule has 1 fully saturated rings. The Labute approximate surface area is 68.7 Å². The van der Waals surface area contributed by atoms with Crippen LogP contribution in [0.1, 0.15) is 11.7 Å². The lowest BCUT2D eigenvalue weighted by atomic mass is 10.1. The van der Waals surface area contributed by atoms with Crippen molar-refractivity contribution < 1.29 is 9.13 Å². The monoisotopic (exact) mass is 172 g/mol. The number of ether oxygens (including phenoxy) is 1. The summed E-state index contributed by atoms with van der Waals surface area (Å²) in [5.41, 5.74) is 0.756. The molecule has 1 unspecified atom stereocenters. The number of epoxide rings is 1. The summed E-state index contributed by atoms with van der Waals surface area (Å²) in [6, 6.07) is 4.76. The highest BCUT2D eigenvalue weighted by Gasteiger charge is 2.27. The predicted molar refractivity (Wildman–Crippen MR) is 40.1 cm³/mol. The van der Waals surface area contributed by atoms with Crippen LogP contribution in [0.25, 0.3) is 0 Å². The first kappa shape index (κ1) is 7.07. The van der Waals surface area contributed by atoms with Crippen LogP contribution in [-0.4, -0.2) is 6.61 Å². The Bertz CT molecular complexity index is 283. The number of halogens is 2. The van der Waals surface area contributed by atoms with Gasteiger partial charge in [0.05, 0.1) is 11.6 Å². The van der Waals surface area contributed by atoms with Crippen molar-refractivity contribution in [1.82, 2.24) is 0 Å². The number of hydrogen-bond donors (Lipinski definition) is 0. The van der Waals surface area contributed by atoms with Gasteiger partial charge in [-0.05, 0) is 6.07 Å². The third-order valence-corrected chi connectivity index (χ3v) is 2.06. The molecule has 0 saturated carbocycles. The molecule has 0 radical (unpaired) electrons. The molecule has 0 bridgehead atoms. The topological polar surface area (TPSA) is 12.5 Å². The largest absolute Gasteiger partial charge is 0.368 e. The van der Waals surface area contributed by atoms with E-state index in [1.165, 1.54) is 6.07 Å². The van der Waals surface area contributed by atoms with Crippen molar-refractivity contribution >= 4 is 11.6 Å². The fourth-order valence-electron chi connectivity index (χ4n) is 0.997. The first-order chi connectivity index (χ1) is 5.29. The van der Waals surface area contributed by atoms with Gasteiger partial charge >= 0.3 is 0 Å². The predicted octanol–water partition coefficient (Wildman–Crippen LogP) is 2.55. The van der Waals surface area contributed by atoms with E-state index >= 15 is 0 Å². The maximum absolute atomic E-state index is 12.8. The van der Waals surface area contributed by atoms with Gasteiger partial charge in [-0.1, -0.05) is 23.7 Å². The maximum atomic E-state index is 12.8. The highest BCUT2D eigenvalue weighted by molar-refractivity contribution is 6.31. The molecule has 0 aliphatic carbocycles. The summed E-state index contributed by atoms with van der Waals surface area (Å²) in [5.74, 6) is -0.375. The van der Waals surface area contributed by atoms with Gasteiger partial charge in [-0.15, -0.1) is 0 Å². The zero-order chi connectivity index (χ0) is 7.84. The zero-order valence-corrected chi connectivity index (χ0v) is 6.44. The van der Waals surface area contributed by atoms with E-state index in [0.717, 1.165) is 5.56 Å². The summed E-state index contributed by atoms with van der Waals surface area (Å²) in [6.07, 6.45) is 0.0261. The molecule has 0 amide bonds. The molecule has 1 saturated heterocycles. The van der Waals surface area contributed by atoms with Crippen LogP contribution in [-0.2, 0) is 4.74 Å². The van der Waals surface area contributed by atoms with Gasteiger partial charge in [-0.3, -0.25) is 0 Å². The summed E-state index contributed by atoms with van der Waals surface area (Å²) in [7, 11) is 0. The smallest absolute Gasteiger partial charge is 0.142 e. The molecule has 11 heavy (non-hydrogen) atoms. The molecule has 1 atom stereocenters. The van der Waals surface area contributed by atoms with E-state index in [4.69, 9.17) is 16.3 Å². The van der Waals surface area contributed by atoms with Gasteiger partial charge in [0.25, 0.3) is 0 Å². The fraction of sp³-hybridized carbons (Fsp3) is 0.250. The lowest BCUT2D eigenvalue weighted by molar-refractivity contribution is 0.415. The first-order valence-corrected chi connectivity index (χ1v) is 3.72. The van der Waals surface area contributed by atoms with Gasteiger partial charge in [0.15, 0.2) is 0 Å². The van der Waals surface area contributed by atoms with Gasteiger partial charge in [0.2, 0.25) is 0 Å². The van der Waals surface area contributed by atoms with Crippen LogP contribution < -0.4 is 0 Å². The van der Waals surface area contributed by atoms with E-state index < -0.39 is 0 Å². The fourth-order valence-corrected chi connectivity index (χ4v) is 1.24. The van der Waals surface area contributed by atoms with Crippen LogP contribution in [0.2, 0.25) is 5.02 Å². The van der Waals surface area contributed by atoms with Crippen molar-refractivity contribution in [3.63, 3.8) is 0 Å². The zero-order valence-electron chi connectivity index (χ0n) is 5.68. The molecule has 0 spiro atoms. The molecule has 1 aromatic rings. The highest BCUT2D eigenvalue weighted by atomic mass is 35.5. The van der Waals surface area contributed by atoms with Crippen molar-refractivity contribution in [3.8, 4) is 0 Å². The van der Waals surface area contributed by atoms with E-state index in [0.29, 0.717) is 6.61 Å². The van der Waals surface area contributed by atoms with Crippen molar-refractivity contribution in [2.45, 2.75) is 6.10 Å². The lowest BCUT2D eigenvalue weighted by Gasteiger charge is -1.99. The normalized spacial score (nSPS) is 21.8. The minimum Gasteiger partial charge on any atom is -0.368 e. The Morgan fingerprint density at radius 3 is 2.91 bits per heavy atom. The van der Waals surface area contributed by atoms with E-state index in [2.05, 4.69) is 0 Å². The van der Waals surface area contributed by atoms with Crippen molar-refractivity contribution in [2.75, 3.05) is 6.61 Å². The Kier molecular flexibility index (Phi) is 1.59. The van der Waals surface area contributed by atoms with Gasteiger partial charge in [0, 0.05) is 5.56 Å². The van der Waals surface area contributed by atoms with Crippen molar-refractivity contribution in [1.29, 1.82) is 0 Å². The number of hydrogen-bond acceptors (Lipinski definition) is 1. The average molecular weight is 173 g/mol. The molecule has 2 rings (SSSR count). The summed E-state index contributed by atoms with van der Waals surface area (Å²) < 4.78 is 17.8. The van der Waals surface area contributed by atoms with E-state index in [9.17, 15) is 4.39 Å². The highest BCUT2D eigenvalue weighted by Crippen LogP contribution is 2.35. The van der Waals surface area contributed by atoms with Gasteiger partial charge in [-0.2, -0.15) is 0 Å². The second-order valence-electron chi connectivity index (χ2n) is 2.47. The molecular weight excluding hydrogens is 167 g/mol. The number of rotatable bonds is 1. The van der Waals surface area contributed by atoms with Crippen LogP contribution in [0.5, 0.6) is 0 Å². The summed E-state index contributed by atoms with van der Waals surface area (Å²) >= 11 is 5.67. The van der Waals surface area contributed by atoms with Crippen LogP contribution >= 0.6 is 11.6 Å². The summed E-state index contributed by atoms with van der Waals surface area (Å²) in [4.78, 5) is 0. The quantitative estimate of drug-likeness (QED) is 0.593. The molecule has 58 valence electrons. The minimum absolute atomic E-state index is 0.0261. The van der Waals surface area contributed by atoms with Gasteiger partial charge in [0.1, 0.15) is 11.9 Å². The first-order valence-electron chi connectivity index (χ1n) is 3.34. The molecule has 1 aliphatic rings. The maximum Gasteiger partial charge on any atom is 0.142 e. The molecule has 1 aliphatic heterocycles. The van der Waals surface area contributed by atoms with Gasteiger partial charge in [-0.25, -0.2) is 4.39 Å². The van der Waals surface area contributed by atoms with Crippen LogP contribution in [0.4, 0.5) is 4.39 Å². The van der Waals surface area contributed by atoms with Crippen molar-refractivity contribution in [2.24, 2.45) is 0 Å². The molecule has 3 heteroatoms. The summed E-state index contributed by atoms with van der Waals surface area (Å²) in [6.45, 7) is 0.656. The second kappa shape index (κ2) is 2.47. The second-order valence-corrected chi connectivity index (χ2v) is 2.84. The minimum atomic E-state index is -0.375. The van der Waals surface area contributed by atoms with Crippen molar-refractivity contribution in [3.05, 3.63) is 34.6 Å². The molecule has 1 heterocycles. The van der Waals surface area contributed by atoms with Crippen LogP contribution in [0.15, 0.2) is 18.2 Å². The third kappa shape index (κ3) is 1.24. The lowest BCUT2D eigenvalue weighted by Crippen LogP contribution is -1.85. The molecule has 0 N–H and O–H groups in total. The number of benzene rings is 1. The molecule has 1 aromatic carbocycles. The molecule has 1 nitrogen and oxygen atoms in total. The van der Waals surface area contributed by atoms with Crippen LogP contribution in [0.3, 0.4) is 0 Å². The average Bonchev–Trinajstić information content (AvgIpc) is 2.77. The standard InChI is InChI=1S/C8H6ClFO/c9-8-5(7-4-11-7)2-1-3-6(8)10/h1-3,7H,4H2. The van der Waals surface area contributed by atoms with Crippen LogP contribution in [0, 0.1) is 5.82 Å². The Morgan fingerprint density at radius 1 is 1.55 bits per heavy atom. The SMILES string of the molecule is Fc1cccc(C2CO2)c1Cl. The Balaban J connectivity index is 2.45. The summed E-state index contributed by atoms with van der Waals surface area (Å²) in [5, 5.41) is 0.190. The van der Waals surface area contributed by atoms with Gasteiger partial charge < -0.3 is 4.74 Å². The Morgan fingerprint density at radius 2 is 2.27 bits per heavy atom. The Hall–Kier alpha value is -0.600. The van der Waals surface area contributed by atoms with E-state index in [1.54, 1.807) is 12.1 Å². The third-order valence-electron chi connectivity index (χ3n) is 1.66. The molecule has 0 aromatic heterocycles. The molecular formula is C8H6ClFO.